The number of anilines is 1. The van der Waals surface area contributed by atoms with Crippen LogP contribution in [0.3, 0.4) is 0 Å². The van der Waals surface area contributed by atoms with Crippen molar-refractivity contribution in [3.8, 4) is 0 Å². The van der Waals surface area contributed by atoms with Gasteiger partial charge in [-0.25, -0.2) is 9.97 Å². The lowest BCUT2D eigenvalue weighted by molar-refractivity contribution is 0.0924. The van der Waals surface area contributed by atoms with Gasteiger partial charge in [0.25, 0.3) is 0 Å². The van der Waals surface area contributed by atoms with E-state index in [4.69, 9.17) is 14.7 Å². The first-order valence-corrected chi connectivity index (χ1v) is 9.13. The third kappa shape index (κ3) is 4.06. The highest BCUT2D eigenvalue weighted by Crippen LogP contribution is 2.37. The van der Waals surface area contributed by atoms with Crippen molar-refractivity contribution >= 4 is 28.4 Å². The second-order valence-corrected chi connectivity index (χ2v) is 6.75. The predicted octanol–water partition coefficient (Wildman–Crippen LogP) is 4.66. The van der Waals surface area contributed by atoms with Crippen LogP contribution in [0, 0.1) is 3.57 Å². The van der Waals surface area contributed by atoms with Gasteiger partial charge in [0.2, 0.25) is 0 Å². The summed E-state index contributed by atoms with van der Waals surface area (Å²) in [5.41, 5.74) is 1.23. The van der Waals surface area contributed by atoms with E-state index in [9.17, 15) is 0 Å². The van der Waals surface area contributed by atoms with Crippen LogP contribution < -0.4 is 5.32 Å². The number of hydrogen-bond donors (Lipinski definition) is 1. The molecule has 1 aromatic heterocycles. The lowest BCUT2D eigenvalue weighted by atomic mass is 10.0. The van der Waals surface area contributed by atoms with Gasteiger partial charge < -0.3 is 10.1 Å². The van der Waals surface area contributed by atoms with Crippen LogP contribution in [0.2, 0.25) is 0 Å². The Labute approximate surface area is 141 Å². The zero-order valence-electron chi connectivity index (χ0n) is 13.3. The molecule has 1 fully saturated rings. The smallest absolute Gasteiger partial charge is 0.159 e. The predicted molar refractivity (Wildman–Crippen MR) is 94.8 cm³/mol. The van der Waals surface area contributed by atoms with Crippen molar-refractivity contribution in [3.05, 3.63) is 15.1 Å². The van der Waals surface area contributed by atoms with Gasteiger partial charge in [-0.15, -0.1) is 0 Å². The first-order chi connectivity index (χ1) is 10.2. The topological polar surface area (TPSA) is 47.0 Å². The van der Waals surface area contributed by atoms with Gasteiger partial charge in [0.1, 0.15) is 11.9 Å². The van der Waals surface area contributed by atoms with E-state index in [-0.39, 0.29) is 6.10 Å². The summed E-state index contributed by atoms with van der Waals surface area (Å²) in [4.78, 5) is 9.61. The van der Waals surface area contributed by atoms with Crippen molar-refractivity contribution in [2.75, 3.05) is 19.0 Å². The number of hydrogen-bond acceptors (Lipinski definition) is 4. The first-order valence-electron chi connectivity index (χ1n) is 8.05. The van der Waals surface area contributed by atoms with E-state index in [1.807, 2.05) is 0 Å². The fourth-order valence-corrected chi connectivity index (χ4v) is 3.78. The van der Waals surface area contributed by atoms with Crippen LogP contribution in [0.5, 0.6) is 0 Å². The zero-order chi connectivity index (χ0) is 15.2. The molecule has 1 heterocycles. The molecule has 1 aliphatic rings. The van der Waals surface area contributed by atoms with Crippen LogP contribution >= 0.6 is 22.6 Å². The van der Waals surface area contributed by atoms with E-state index >= 15 is 0 Å². The molecule has 1 unspecified atom stereocenters. The van der Waals surface area contributed by atoms with Crippen LogP contribution in [0.25, 0.3) is 0 Å². The van der Waals surface area contributed by atoms with Crippen molar-refractivity contribution in [1.29, 1.82) is 0 Å². The minimum Gasteiger partial charge on any atom is -0.373 e. The van der Waals surface area contributed by atoms with E-state index in [1.165, 1.54) is 34.9 Å². The number of nitrogens with zero attached hydrogens (tertiary/aromatic N) is 2. The summed E-state index contributed by atoms with van der Waals surface area (Å²) in [5, 5.41) is 3.46. The monoisotopic (exact) mass is 403 g/mol. The summed E-state index contributed by atoms with van der Waals surface area (Å²) < 4.78 is 6.74. The lowest BCUT2D eigenvalue weighted by Gasteiger charge is -2.19. The summed E-state index contributed by atoms with van der Waals surface area (Å²) in [7, 11) is 1.74. The molecule has 1 saturated carbocycles. The molecular weight excluding hydrogens is 377 g/mol. The highest BCUT2D eigenvalue weighted by atomic mass is 127. The molecule has 0 amide bonds. The molecule has 118 valence electrons. The number of ether oxygens (including phenoxy) is 1. The van der Waals surface area contributed by atoms with Gasteiger partial charge in [0, 0.05) is 19.6 Å². The van der Waals surface area contributed by atoms with Crippen LogP contribution in [0.1, 0.15) is 75.9 Å². The summed E-state index contributed by atoms with van der Waals surface area (Å²) in [5.74, 6) is 2.41. The minimum absolute atomic E-state index is 0.00988. The zero-order valence-corrected chi connectivity index (χ0v) is 15.4. The molecule has 0 spiro atoms. The highest BCUT2D eigenvalue weighted by Gasteiger charge is 2.25. The SMILES string of the molecule is CCCNc1nc(C(CC)OC)nc(C2CCCC2)c1I. The standard InChI is InChI=1S/C16H26IN3O/c1-4-10-18-16-13(17)14(11-8-6-7-9-11)19-15(20-16)12(5-2)21-3/h11-12H,4-10H2,1-3H3,(H,18,19,20). The summed E-state index contributed by atoms with van der Waals surface area (Å²) in [6.07, 6.45) is 7.12. The van der Waals surface area contributed by atoms with Gasteiger partial charge in [-0.05, 0) is 48.3 Å². The van der Waals surface area contributed by atoms with Gasteiger partial charge in [-0.2, -0.15) is 0 Å². The van der Waals surface area contributed by atoms with Crippen molar-refractivity contribution in [1.82, 2.24) is 9.97 Å². The van der Waals surface area contributed by atoms with Crippen LogP contribution in [-0.2, 0) is 4.74 Å². The fourth-order valence-electron chi connectivity index (χ4n) is 2.91. The van der Waals surface area contributed by atoms with Gasteiger partial charge in [0.15, 0.2) is 5.82 Å². The van der Waals surface area contributed by atoms with Crippen molar-refractivity contribution < 1.29 is 4.74 Å². The molecule has 1 atom stereocenters. The largest absolute Gasteiger partial charge is 0.373 e. The molecular formula is C16H26IN3O. The second-order valence-electron chi connectivity index (χ2n) is 5.67. The van der Waals surface area contributed by atoms with Crippen LogP contribution in [-0.4, -0.2) is 23.6 Å². The molecule has 21 heavy (non-hydrogen) atoms. The van der Waals surface area contributed by atoms with Gasteiger partial charge in [0.05, 0.1) is 9.26 Å². The Morgan fingerprint density at radius 3 is 2.57 bits per heavy atom. The Kier molecular flexibility index (Phi) is 6.67. The molecule has 1 aromatic rings. The van der Waals surface area contributed by atoms with Crippen molar-refractivity contribution in [3.63, 3.8) is 0 Å². The van der Waals surface area contributed by atoms with E-state index in [0.717, 1.165) is 31.0 Å². The third-order valence-corrected chi connectivity index (χ3v) is 5.19. The number of methoxy groups -OCH3 is 1. The van der Waals surface area contributed by atoms with E-state index in [2.05, 4.69) is 41.8 Å². The Bertz CT molecular complexity index is 457. The van der Waals surface area contributed by atoms with Crippen molar-refractivity contribution in [2.24, 2.45) is 0 Å². The minimum atomic E-state index is -0.00988. The molecule has 1 aliphatic carbocycles. The van der Waals surface area contributed by atoms with Gasteiger partial charge in [-0.1, -0.05) is 26.7 Å². The summed E-state index contributed by atoms with van der Waals surface area (Å²) in [6.45, 7) is 5.23. The molecule has 5 heteroatoms. The van der Waals surface area contributed by atoms with Crippen LogP contribution in [0.15, 0.2) is 0 Å². The van der Waals surface area contributed by atoms with E-state index in [0.29, 0.717) is 5.92 Å². The maximum atomic E-state index is 5.55. The quantitative estimate of drug-likeness (QED) is 0.673. The Hall–Kier alpha value is -0.430. The number of rotatable bonds is 7. The Morgan fingerprint density at radius 2 is 2.00 bits per heavy atom. The number of halogens is 1. The maximum absolute atomic E-state index is 5.55. The normalized spacial score (nSPS) is 17.1. The molecule has 0 bridgehead atoms. The first kappa shape index (κ1) is 16.9. The summed E-state index contributed by atoms with van der Waals surface area (Å²) in [6, 6.07) is 0. The Balaban J connectivity index is 2.38. The Morgan fingerprint density at radius 1 is 1.29 bits per heavy atom. The molecule has 2 rings (SSSR count). The van der Waals surface area contributed by atoms with Crippen molar-refractivity contribution in [2.45, 2.75) is 64.4 Å². The summed E-state index contributed by atoms with van der Waals surface area (Å²) >= 11 is 2.41. The molecule has 0 aliphatic heterocycles. The molecule has 0 radical (unpaired) electrons. The number of nitrogens with one attached hydrogen (secondary N) is 1. The molecule has 0 saturated heterocycles. The lowest BCUT2D eigenvalue weighted by Crippen LogP contribution is -2.15. The molecule has 4 nitrogen and oxygen atoms in total. The van der Waals surface area contributed by atoms with E-state index in [1.54, 1.807) is 7.11 Å². The second kappa shape index (κ2) is 8.27. The van der Waals surface area contributed by atoms with Gasteiger partial charge in [-0.3, -0.25) is 0 Å². The third-order valence-electron chi connectivity index (χ3n) is 4.12. The van der Waals surface area contributed by atoms with Crippen LogP contribution in [0.4, 0.5) is 5.82 Å². The fraction of sp³-hybridized carbons (Fsp3) is 0.750. The average molecular weight is 403 g/mol. The average Bonchev–Trinajstić information content (AvgIpc) is 3.02. The maximum Gasteiger partial charge on any atom is 0.159 e. The highest BCUT2D eigenvalue weighted by molar-refractivity contribution is 14.1. The van der Waals surface area contributed by atoms with Gasteiger partial charge >= 0.3 is 0 Å². The molecule has 1 N–H and O–H groups in total. The number of aromatic nitrogens is 2. The van der Waals surface area contributed by atoms with E-state index < -0.39 is 0 Å². The molecule has 0 aromatic carbocycles.